The van der Waals surface area contributed by atoms with Gasteiger partial charge in [0.2, 0.25) is 0 Å². The lowest BCUT2D eigenvalue weighted by molar-refractivity contribution is -0.384. The molecule has 1 aromatic carbocycles. The standard InChI is InChI=1S/C9H7F3N2O3/c1-4(15)6-2-5(9(10,11)12)3-7(13)8(6)14(16)17/h2-3H,13H2,1H3. The molecule has 0 aromatic heterocycles. The van der Waals surface area contributed by atoms with Gasteiger partial charge in [-0.25, -0.2) is 0 Å². The molecule has 0 unspecified atom stereocenters. The SMILES string of the molecule is CC(=O)c1cc(C(F)(F)F)cc(N)c1[N+](=O)[O-]. The molecule has 17 heavy (non-hydrogen) atoms. The third kappa shape index (κ3) is 2.52. The molecule has 2 N–H and O–H groups in total. The molecule has 0 aliphatic heterocycles. The Bertz CT molecular complexity index is 497. The summed E-state index contributed by atoms with van der Waals surface area (Å²) in [4.78, 5) is 20.7. The van der Waals surface area contributed by atoms with Crippen LogP contribution in [0.2, 0.25) is 0 Å². The molecule has 1 aromatic rings. The van der Waals surface area contributed by atoms with Gasteiger partial charge < -0.3 is 5.73 Å². The quantitative estimate of drug-likeness (QED) is 0.377. The van der Waals surface area contributed by atoms with Gasteiger partial charge in [-0.05, 0) is 19.1 Å². The third-order valence-corrected chi connectivity index (χ3v) is 2.03. The van der Waals surface area contributed by atoms with Crippen molar-refractivity contribution in [1.29, 1.82) is 0 Å². The minimum Gasteiger partial charge on any atom is -0.393 e. The number of Topliss-reactive ketones (excluding diaryl/α,β-unsaturated/α-hetero) is 1. The maximum Gasteiger partial charge on any atom is 0.416 e. The van der Waals surface area contributed by atoms with Crippen molar-refractivity contribution in [3.05, 3.63) is 33.4 Å². The van der Waals surface area contributed by atoms with Crippen molar-refractivity contribution in [3.63, 3.8) is 0 Å². The summed E-state index contributed by atoms with van der Waals surface area (Å²) in [6.07, 6.45) is -4.71. The van der Waals surface area contributed by atoms with E-state index in [-0.39, 0.29) is 0 Å². The molecule has 92 valence electrons. The Labute approximate surface area is 93.2 Å². The molecule has 0 atom stereocenters. The van der Waals surface area contributed by atoms with Gasteiger partial charge in [0, 0.05) is 0 Å². The minimum absolute atomic E-state index is 0.427. The van der Waals surface area contributed by atoms with E-state index in [2.05, 4.69) is 0 Å². The normalized spacial score (nSPS) is 11.3. The van der Waals surface area contributed by atoms with Crippen molar-refractivity contribution in [1.82, 2.24) is 0 Å². The lowest BCUT2D eigenvalue weighted by Crippen LogP contribution is -2.11. The van der Waals surface area contributed by atoms with E-state index in [0.717, 1.165) is 6.92 Å². The number of benzene rings is 1. The maximum atomic E-state index is 12.4. The topological polar surface area (TPSA) is 86.2 Å². The molecule has 0 aliphatic carbocycles. The average molecular weight is 248 g/mol. The van der Waals surface area contributed by atoms with Gasteiger partial charge in [-0.1, -0.05) is 0 Å². The molecule has 1 rings (SSSR count). The summed E-state index contributed by atoms with van der Waals surface area (Å²) < 4.78 is 37.2. The van der Waals surface area contributed by atoms with Crippen LogP contribution in [0.25, 0.3) is 0 Å². The Morgan fingerprint density at radius 2 is 1.94 bits per heavy atom. The van der Waals surface area contributed by atoms with Crippen LogP contribution in [0.3, 0.4) is 0 Å². The van der Waals surface area contributed by atoms with E-state index in [1.807, 2.05) is 0 Å². The van der Waals surface area contributed by atoms with E-state index in [0.29, 0.717) is 12.1 Å². The number of nitro groups is 1. The number of hydrogen-bond acceptors (Lipinski definition) is 4. The summed E-state index contributed by atoms with van der Waals surface area (Å²) in [5, 5.41) is 10.6. The summed E-state index contributed by atoms with van der Waals surface area (Å²) in [6.45, 7) is 0.932. The van der Waals surface area contributed by atoms with Crippen LogP contribution in [0.4, 0.5) is 24.5 Å². The van der Waals surface area contributed by atoms with Crippen molar-refractivity contribution >= 4 is 17.2 Å². The Kier molecular flexibility index (Phi) is 3.08. The Balaban J connectivity index is 3.58. The molecule has 0 heterocycles. The third-order valence-electron chi connectivity index (χ3n) is 2.03. The highest BCUT2D eigenvalue weighted by molar-refractivity contribution is 6.00. The predicted molar refractivity (Wildman–Crippen MR) is 52.5 cm³/mol. The average Bonchev–Trinajstić information content (AvgIpc) is 2.13. The summed E-state index contributed by atoms with van der Waals surface area (Å²) >= 11 is 0. The number of halogens is 3. The fraction of sp³-hybridized carbons (Fsp3) is 0.222. The number of ketones is 1. The van der Waals surface area contributed by atoms with Crippen molar-refractivity contribution in [2.75, 3.05) is 5.73 Å². The number of nitrogen functional groups attached to an aromatic ring is 1. The molecule has 0 bridgehead atoms. The second-order valence-electron chi connectivity index (χ2n) is 3.27. The van der Waals surface area contributed by atoms with Gasteiger partial charge >= 0.3 is 11.9 Å². The first-order valence-corrected chi connectivity index (χ1v) is 4.30. The van der Waals surface area contributed by atoms with Gasteiger partial charge in [-0.2, -0.15) is 13.2 Å². The molecule has 0 radical (unpaired) electrons. The number of nitro benzene ring substituents is 1. The largest absolute Gasteiger partial charge is 0.416 e. The first-order chi connectivity index (χ1) is 7.64. The summed E-state index contributed by atoms with van der Waals surface area (Å²) in [5.41, 5.74) is 1.84. The minimum atomic E-state index is -4.71. The number of carbonyl (C=O) groups excluding carboxylic acids is 1. The van der Waals surface area contributed by atoms with Crippen molar-refractivity contribution in [2.24, 2.45) is 0 Å². The van der Waals surface area contributed by atoms with Gasteiger partial charge in [0.1, 0.15) is 5.69 Å². The van der Waals surface area contributed by atoms with E-state index in [1.54, 1.807) is 0 Å². The zero-order chi connectivity index (χ0) is 13.4. The first-order valence-electron chi connectivity index (χ1n) is 4.30. The van der Waals surface area contributed by atoms with E-state index < -0.39 is 39.4 Å². The summed E-state index contributed by atoms with van der Waals surface area (Å²) in [5.74, 6) is -0.852. The number of carbonyl (C=O) groups is 1. The zero-order valence-corrected chi connectivity index (χ0v) is 8.54. The number of nitrogens with zero attached hydrogens (tertiary/aromatic N) is 1. The van der Waals surface area contributed by atoms with Crippen molar-refractivity contribution in [3.8, 4) is 0 Å². The predicted octanol–water partition coefficient (Wildman–Crippen LogP) is 2.40. The molecule has 0 spiro atoms. The van der Waals surface area contributed by atoms with Crippen LogP contribution in [-0.2, 0) is 6.18 Å². The molecule has 0 aliphatic rings. The number of nitrogens with two attached hydrogens (primary N) is 1. The van der Waals surface area contributed by atoms with Gasteiger partial charge in [-0.15, -0.1) is 0 Å². The van der Waals surface area contributed by atoms with Crippen molar-refractivity contribution < 1.29 is 22.9 Å². The summed E-state index contributed by atoms with van der Waals surface area (Å²) in [6, 6.07) is 0.862. The van der Waals surface area contributed by atoms with Crippen LogP contribution in [0, 0.1) is 10.1 Å². The maximum absolute atomic E-state index is 12.4. The molecular weight excluding hydrogens is 241 g/mol. The van der Waals surface area contributed by atoms with Crippen LogP contribution in [0.15, 0.2) is 12.1 Å². The van der Waals surface area contributed by atoms with Crippen LogP contribution >= 0.6 is 0 Å². The highest BCUT2D eigenvalue weighted by Gasteiger charge is 2.34. The van der Waals surface area contributed by atoms with Crippen LogP contribution in [0.5, 0.6) is 0 Å². The van der Waals surface area contributed by atoms with Gasteiger partial charge in [0.25, 0.3) is 0 Å². The van der Waals surface area contributed by atoms with Gasteiger partial charge in [0.05, 0.1) is 16.1 Å². The fourth-order valence-corrected chi connectivity index (χ4v) is 1.29. The lowest BCUT2D eigenvalue weighted by Gasteiger charge is -2.09. The van der Waals surface area contributed by atoms with Crippen molar-refractivity contribution in [2.45, 2.75) is 13.1 Å². The molecule has 0 saturated carbocycles. The van der Waals surface area contributed by atoms with E-state index in [4.69, 9.17) is 5.73 Å². The van der Waals surface area contributed by atoms with E-state index >= 15 is 0 Å². The molecule has 5 nitrogen and oxygen atoms in total. The van der Waals surface area contributed by atoms with Crippen LogP contribution in [-0.4, -0.2) is 10.7 Å². The van der Waals surface area contributed by atoms with Gasteiger partial charge in [0.15, 0.2) is 5.78 Å². The molecule has 8 heteroatoms. The number of anilines is 1. The monoisotopic (exact) mass is 248 g/mol. The fourth-order valence-electron chi connectivity index (χ4n) is 1.29. The smallest absolute Gasteiger partial charge is 0.393 e. The molecular formula is C9H7F3N2O3. The van der Waals surface area contributed by atoms with E-state index in [9.17, 15) is 28.1 Å². The van der Waals surface area contributed by atoms with Crippen LogP contribution < -0.4 is 5.73 Å². The Hall–Kier alpha value is -2.12. The number of hydrogen-bond donors (Lipinski definition) is 1. The summed E-state index contributed by atoms with van der Waals surface area (Å²) in [7, 11) is 0. The highest BCUT2D eigenvalue weighted by atomic mass is 19.4. The Morgan fingerprint density at radius 1 is 1.41 bits per heavy atom. The second-order valence-corrected chi connectivity index (χ2v) is 3.27. The number of alkyl halides is 3. The zero-order valence-electron chi connectivity index (χ0n) is 8.54. The number of rotatable bonds is 2. The van der Waals surface area contributed by atoms with Crippen LogP contribution in [0.1, 0.15) is 22.8 Å². The molecule has 0 amide bonds. The Morgan fingerprint density at radius 3 is 2.29 bits per heavy atom. The van der Waals surface area contributed by atoms with Gasteiger partial charge in [-0.3, -0.25) is 14.9 Å². The lowest BCUT2D eigenvalue weighted by atomic mass is 10.0. The second kappa shape index (κ2) is 4.04. The van der Waals surface area contributed by atoms with E-state index in [1.165, 1.54) is 0 Å². The first kappa shape index (κ1) is 12.9. The molecule has 0 saturated heterocycles. The highest BCUT2D eigenvalue weighted by Crippen LogP contribution is 2.36. The molecule has 0 fully saturated rings.